The predicted molar refractivity (Wildman–Crippen MR) is 80.4 cm³/mol. The monoisotopic (exact) mass is 294 g/mol. The minimum Gasteiger partial charge on any atom is -0.480 e. The summed E-state index contributed by atoms with van der Waals surface area (Å²) in [5.41, 5.74) is 5.47. The van der Waals surface area contributed by atoms with Gasteiger partial charge in [-0.05, 0) is 45.4 Å². The van der Waals surface area contributed by atoms with E-state index in [4.69, 9.17) is 15.6 Å². The van der Waals surface area contributed by atoms with Crippen molar-refractivity contribution in [2.75, 3.05) is 5.73 Å². The van der Waals surface area contributed by atoms with Crippen LogP contribution in [-0.2, 0) is 4.79 Å². The maximum atomic E-state index is 12.1. The van der Waals surface area contributed by atoms with Gasteiger partial charge < -0.3 is 20.9 Å². The van der Waals surface area contributed by atoms with Crippen LogP contribution >= 0.6 is 0 Å². The van der Waals surface area contributed by atoms with Gasteiger partial charge in [0.25, 0.3) is 5.91 Å². The van der Waals surface area contributed by atoms with Crippen LogP contribution in [0.15, 0.2) is 18.2 Å². The summed E-state index contributed by atoms with van der Waals surface area (Å²) in [7, 11) is 0. The molecule has 6 nitrogen and oxygen atoms in total. The highest BCUT2D eigenvalue weighted by atomic mass is 16.5. The smallest absolute Gasteiger partial charge is 0.339 e. The molecule has 0 aliphatic carbocycles. The average Bonchev–Trinajstić information content (AvgIpc) is 2.40. The number of amides is 1. The summed E-state index contributed by atoms with van der Waals surface area (Å²) in [6, 6.07) is 4.29. The maximum Gasteiger partial charge on any atom is 0.339 e. The zero-order valence-corrected chi connectivity index (χ0v) is 12.8. The van der Waals surface area contributed by atoms with Crippen LogP contribution in [0.1, 0.15) is 44.5 Å². The molecule has 0 radical (unpaired) electrons. The van der Waals surface area contributed by atoms with Crippen LogP contribution in [0, 0.1) is 0 Å². The Bertz CT molecular complexity index is 540. The Kier molecular flexibility index (Phi) is 5.18. The number of carboxylic acid groups (broad SMARTS) is 1. The number of carboxylic acids is 1. The van der Waals surface area contributed by atoms with Crippen LogP contribution in [0.5, 0.6) is 5.75 Å². The summed E-state index contributed by atoms with van der Waals surface area (Å²) in [6.45, 7) is 7.35. The summed E-state index contributed by atoms with van der Waals surface area (Å²) in [4.78, 5) is 23.2. The average molecular weight is 294 g/mol. The van der Waals surface area contributed by atoms with Gasteiger partial charge in [0, 0.05) is 11.2 Å². The molecule has 1 atom stereocenters. The van der Waals surface area contributed by atoms with E-state index < -0.39 is 12.1 Å². The molecule has 0 aliphatic heterocycles. The first-order valence-corrected chi connectivity index (χ1v) is 6.78. The van der Waals surface area contributed by atoms with E-state index in [1.165, 1.54) is 18.2 Å². The number of carbonyl (C=O) groups is 2. The van der Waals surface area contributed by atoms with Gasteiger partial charge in [-0.1, -0.05) is 6.92 Å². The summed E-state index contributed by atoms with van der Waals surface area (Å²) in [6.07, 6.45) is -0.0363. The number of nitrogens with one attached hydrogen (secondary N) is 1. The minimum atomic E-state index is -1.15. The third kappa shape index (κ3) is 4.66. The maximum absolute atomic E-state index is 12.1. The van der Waals surface area contributed by atoms with Crippen molar-refractivity contribution in [1.82, 2.24) is 5.32 Å². The molecular weight excluding hydrogens is 272 g/mol. The Morgan fingerprint density at radius 3 is 2.57 bits per heavy atom. The molecular formula is C15H22N2O4. The SMILES string of the molecule is CCC(C)(C)NC(=O)C(C)Oc1ccc(N)cc1C(=O)O. The number of hydrogen-bond donors (Lipinski definition) is 3. The Hall–Kier alpha value is -2.24. The van der Waals surface area contributed by atoms with Gasteiger partial charge in [-0.15, -0.1) is 0 Å². The molecule has 0 aliphatic rings. The number of anilines is 1. The van der Waals surface area contributed by atoms with Crippen molar-refractivity contribution in [2.24, 2.45) is 0 Å². The van der Waals surface area contributed by atoms with Gasteiger partial charge >= 0.3 is 5.97 Å². The van der Waals surface area contributed by atoms with Gasteiger partial charge in [0.2, 0.25) is 0 Å². The lowest BCUT2D eigenvalue weighted by molar-refractivity contribution is -0.129. The second kappa shape index (κ2) is 6.47. The lowest BCUT2D eigenvalue weighted by Crippen LogP contribution is -2.48. The third-order valence-electron chi connectivity index (χ3n) is 3.25. The molecule has 1 rings (SSSR count). The number of rotatable bonds is 6. The molecule has 4 N–H and O–H groups in total. The van der Waals surface area contributed by atoms with E-state index >= 15 is 0 Å². The fourth-order valence-corrected chi connectivity index (χ4v) is 1.59. The molecule has 0 aromatic heterocycles. The standard InChI is InChI=1S/C15H22N2O4/c1-5-15(3,4)17-13(18)9(2)21-12-7-6-10(16)8-11(12)14(19)20/h6-9H,5,16H2,1-4H3,(H,17,18)(H,19,20). The molecule has 0 fully saturated rings. The van der Waals surface area contributed by atoms with Crippen molar-refractivity contribution < 1.29 is 19.4 Å². The molecule has 0 saturated carbocycles. The van der Waals surface area contributed by atoms with Crippen LogP contribution in [0.25, 0.3) is 0 Å². The van der Waals surface area contributed by atoms with Gasteiger partial charge in [-0.25, -0.2) is 4.79 Å². The van der Waals surface area contributed by atoms with Gasteiger partial charge in [0.15, 0.2) is 6.10 Å². The quantitative estimate of drug-likeness (QED) is 0.697. The fraction of sp³-hybridized carbons (Fsp3) is 0.467. The molecule has 1 aromatic carbocycles. The van der Waals surface area contributed by atoms with Gasteiger partial charge in [-0.2, -0.15) is 0 Å². The van der Waals surface area contributed by atoms with Crippen molar-refractivity contribution >= 4 is 17.6 Å². The van der Waals surface area contributed by atoms with Gasteiger partial charge in [-0.3, -0.25) is 4.79 Å². The number of hydrogen-bond acceptors (Lipinski definition) is 4. The number of ether oxygens (including phenoxy) is 1. The Morgan fingerprint density at radius 2 is 2.05 bits per heavy atom. The van der Waals surface area contributed by atoms with Crippen LogP contribution < -0.4 is 15.8 Å². The number of nitrogen functional groups attached to an aromatic ring is 1. The highest BCUT2D eigenvalue weighted by Gasteiger charge is 2.24. The van der Waals surface area contributed by atoms with Crippen LogP contribution in [0.4, 0.5) is 5.69 Å². The van der Waals surface area contributed by atoms with E-state index in [0.29, 0.717) is 5.69 Å². The van der Waals surface area contributed by atoms with Gasteiger partial charge in [0.1, 0.15) is 11.3 Å². The summed E-state index contributed by atoms with van der Waals surface area (Å²) >= 11 is 0. The van der Waals surface area contributed by atoms with Crippen molar-refractivity contribution in [1.29, 1.82) is 0 Å². The highest BCUT2D eigenvalue weighted by molar-refractivity contribution is 5.92. The molecule has 0 bridgehead atoms. The molecule has 1 amide bonds. The molecule has 1 aromatic rings. The zero-order valence-electron chi connectivity index (χ0n) is 12.8. The molecule has 116 valence electrons. The van der Waals surface area contributed by atoms with E-state index in [1.54, 1.807) is 6.92 Å². The second-order valence-corrected chi connectivity index (χ2v) is 5.55. The minimum absolute atomic E-state index is 0.0654. The number of benzene rings is 1. The van der Waals surface area contributed by atoms with Crippen LogP contribution in [0.3, 0.4) is 0 Å². The Morgan fingerprint density at radius 1 is 1.43 bits per heavy atom. The van der Waals surface area contributed by atoms with Gasteiger partial charge in [0.05, 0.1) is 0 Å². The topological polar surface area (TPSA) is 102 Å². The lowest BCUT2D eigenvalue weighted by Gasteiger charge is -2.26. The van der Waals surface area contributed by atoms with Crippen LogP contribution in [0.2, 0.25) is 0 Å². The van der Waals surface area contributed by atoms with Crippen molar-refractivity contribution in [3.8, 4) is 5.75 Å². The normalized spacial score (nSPS) is 12.6. The first-order chi connectivity index (χ1) is 9.66. The van der Waals surface area contributed by atoms with E-state index in [-0.39, 0.29) is 22.8 Å². The fourth-order valence-electron chi connectivity index (χ4n) is 1.59. The number of carbonyl (C=O) groups excluding carboxylic acids is 1. The number of aromatic carboxylic acids is 1. The van der Waals surface area contributed by atoms with E-state index in [1.807, 2.05) is 20.8 Å². The molecule has 0 saturated heterocycles. The summed E-state index contributed by atoms with van der Waals surface area (Å²) in [5.74, 6) is -1.33. The van der Waals surface area contributed by atoms with E-state index in [2.05, 4.69) is 5.32 Å². The first-order valence-electron chi connectivity index (χ1n) is 6.78. The molecule has 0 spiro atoms. The molecule has 6 heteroatoms. The predicted octanol–water partition coefficient (Wildman–Crippen LogP) is 2.04. The van der Waals surface area contributed by atoms with Crippen molar-refractivity contribution in [3.05, 3.63) is 23.8 Å². The molecule has 21 heavy (non-hydrogen) atoms. The lowest BCUT2D eigenvalue weighted by atomic mass is 10.0. The third-order valence-corrected chi connectivity index (χ3v) is 3.25. The first kappa shape index (κ1) is 16.8. The Balaban J connectivity index is 2.86. The largest absolute Gasteiger partial charge is 0.480 e. The van der Waals surface area contributed by atoms with E-state index in [9.17, 15) is 9.59 Å². The summed E-state index contributed by atoms with van der Waals surface area (Å²) < 4.78 is 5.47. The zero-order chi connectivity index (χ0) is 16.2. The molecule has 1 unspecified atom stereocenters. The summed E-state index contributed by atoms with van der Waals surface area (Å²) in [5, 5.41) is 12.0. The molecule has 0 heterocycles. The van der Waals surface area contributed by atoms with Crippen molar-refractivity contribution in [2.45, 2.75) is 45.8 Å². The van der Waals surface area contributed by atoms with Crippen LogP contribution in [-0.4, -0.2) is 28.6 Å². The highest BCUT2D eigenvalue weighted by Crippen LogP contribution is 2.23. The number of nitrogens with two attached hydrogens (primary N) is 1. The second-order valence-electron chi connectivity index (χ2n) is 5.55. The van der Waals surface area contributed by atoms with E-state index in [0.717, 1.165) is 6.42 Å². The van der Waals surface area contributed by atoms with Crippen molar-refractivity contribution in [3.63, 3.8) is 0 Å². The Labute approximate surface area is 124 Å².